The molecule has 0 radical (unpaired) electrons. The zero-order valence-electron chi connectivity index (χ0n) is 10.1. The highest BCUT2D eigenvalue weighted by atomic mass is 15.2. The SMILES string of the molecule is CCCCCC(C)(C#N)N(CC)CC. The van der Waals surface area contributed by atoms with Gasteiger partial charge in [-0.1, -0.05) is 40.0 Å². The second-order valence-corrected chi connectivity index (χ2v) is 4.02. The lowest BCUT2D eigenvalue weighted by Gasteiger charge is -2.34. The van der Waals surface area contributed by atoms with E-state index in [-0.39, 0.29) is 5.54 Å². The van der Waals surface area contributed by atoms with Crippen molar-refractivity contribution in [1.29, 1.82) is 5.26 Å². The summed E-state index contributed by atoms with van der Waals surface area (Å²) in [7, 11) is 0. The molecule has 0 rings (SSSR count). The molecule has 0 aromatic rings. The zero-order chi connectivity index (χ0) is 11.0. The lowest BCUT2D eigenvalue weighted by atomic mass is 9.94. The third-order valence-electron chi connectivity index (χ3n) is 2.97. The molecule has 0 aromatic carbocycles. The molecule has 0 bridgehead atoms. The van der Waals surface area contributed by atoms with Gasteiger partial charge in [0.1, 0.15) is 5.54 Å². The molecule has 0 amide bonds. The third kappa shape index (κ3) is 3.67. The van der Waals surface area contributed by atoms with Gasteiger partial charge in [0.05, 0.1) is 6.07 Å². The number of rotatable bonds is 7. The standard InChI is InChI=1S/C12H24N2/c1-5-8-9-10-12(4,11-13)14(6-2)7-3/h5-10H2,1-4H3. The van der Waals surface area contributed by atoms with Crippen LogP contribution in [0, 0.1) is 11.3 Å². The largest absolute Gasteiger partial charge is 0.286 e. The smallest absolute Gasteiger partial charge is 0.106 e. The Kier molecular flexibility index (Phi) is 6.57. The molecule has 0 aliphatic rings. The monoisotopic (exact) mass is 196 g/mol. The number of nitrogens with zero attached hydrogens (tertiary/aromatic N) is 2. The summed E-state index contributed by atoms with van der Waals surface area (Å²) in [5.74, 6) is 0. The molecule has 0 aliphatic heterocycles. The van der Waals surface area contributed by atoms with Gasteiger partial charge in [0, 0.05) is 0 Å². The van der Waals surface area contributed by atoms with Crippen LogP contribution in [0.5, 0.6) is 0 Å². The van der Waals surface area contributed by atoms with Crippen molar-refractivity contribution in [3.8, 4) is 6.07 Å². The maximum Gasteiger partial charge on any atom is 0.106 e. The molecule has 0 aromatic heterocycles. The van der Waals surface area contributed by atoms with Crippen molar-refractivity contribution in [3.05, 3.63) is 0 Å². The molecule has 2 heteroatoms. The van der Waals surface area contributed by atoms with Crippen LogP contribution in [0.2, 0.25) is 0 Å². The van der Waals surface area contributed by atoms with Gasteiger partial charge in [-0.2, -0.15) is 5.26 Å². The van der Waals surface area contributed by atoms with Crippen LogP contribution in [0.4, 0.5) is 0 Å². The van der Waals surface area contributed by atoms with Gasteiger partial charge in [-0.15, -0.1) is 0 Å². The lowest BCUT2D eigenvalue weighted by Crippen LogP contribution is -2.45. The van der Waals surface area contributed by atoms with Crippen LogP contribution in [0.3, 0.4) is 0 Å². The molecular weight excluding hydrogens is 172 g/mol. The third-order valence-corrected chi connectivity index (χ3v) is 2.97. The lowest BCUT2D eigenvalue weighted by molar-refractivity contribution is 0.156. The van der Waals surface area contributed by atoms with Crippen LogP contribution in [0.1, 0.15) is 53.4 Å². The Hall–Kier alpha value is -0.550. The number of hydrogen-bond donors (Lipinski definition) is 0. The first-order valence-corrected chi connectivity index (χ1v) is 5.80. The van der Waals surface area contributed by atoms with Crippen molar-refractivity contribution in [2.75, 3.05) is 13.1 Å². The number of unbranched alkanes of at least 4 members (excludes halogenated alkanes) is 2. The first kappa shape index (κ1) is 13.4. The van der Waals surface area contributed by atoms with Crippen molar-refractivity contribution in [1.82, 2.24) is 4.90 Å². The fourth-order valence-corrected chi connectivity index (χ4v) is 1.93. The van der Waals surface area contributed by atoms with E-state index in [1.165, 1.54) is 12.8 Å². The van der Waals surface area contributed by atoms with E-state index in [4.69, 9.17) is 0 Å². The van der Waals surface area contributed by atoms with E-state index in [2.05, 4.69) is 38.7 Å². The second kappa shape index (κ2) is 6.84. The zero-order valence-corrected chi connectivity index (χ0v) is 10.1. The van der Waals surface area contributed by atoms with Crippen molar-refractivity contribution in [3.63, 3.8) is 0 Å². The molecular formula is C12H24N2. The van der Waals surface area contributed by atoms with Gasteiger partial charge in [0.2, 0.25) is 0 Å². The van der Waals surface area contributed by atoms with Gasteiger partial charge in [0.25, 0.3) is 0 Å². The average molecular weight is 196 g/mol. The molecule has 14 heavy (non-hydrogen) atoms. The minimum absolute atomic E-state index is 0.251. The minimum atomic E-state index is -0.251. The van der Waals surface area contributed by atoms with Gasteiger partial charge in [-0.25, -0.2) is 0 Å². The van der Waals surface area contributed by atoms with Crippen LogP contribution in [-0.2, 0) is 0 Å². The van der Waals surface area contributed by atoms with E-state index >= 15 is 0 Å². The summed E-state index contributed by atoms with van der Waals surface area (Å²) in [5, 5.41) is 9.23. The Morgan fingerprint density at radius 2 is 1.71 bits per heavy atom. The molecule has 0 saturated carbocycles. The summed E-state index contributed by atoms with van der Waals surface area (Å²) in [6.45, 7) is 10.4. The van der Waals surface area contributed by atoms with Gasteiger partial charge >= 0.3 is 0 Å². The topological polar surface area (TPSA) is 27.0 Å². The molecule has 1 unspecified atom stereocenters. The summed E-state index contributed by atoms with van der Waals surface area (Å²) < 4.78 is 0. The Morgan fingerprint density at radius 1 is 1.14 bits per heavy atom. The highest BCUT2D eigenvalue weighted by Gasteiger charge is 2.28. The number of hydrogen-bond acceptors (Lipinski definition) is 2. The predicted octanol–water partition coefficient (Wildman–Crippen LogP) is 3.19. The highest BCUT2D eigenvalue weighted by Crippen LogP contribution is 2.21. The fraction of sp³-hybridized carbons (Fsp3) is 0.917. The number of nitriles is 1. The van der Waals surface area contributed by atoms with E-state index in [9.17, 15) is 5.26 Å². The highest BCUT2D eigenvalue weighted by molar-refractivity contribution is 5.04. The molecule has 0 aliphatic carbocycles. The van der Waals surface area contributed by atoms with Crippen LogP contribution in [-0.4, -0.2) is 23.5 Å². The van der Waals surface area contributed by atoms with Gasteiger partial charge in [0.15, 0.2) is 0 Å². The Balaban J connectivity index is 4.23. The van der Waals surface area contributed by atoms with Crippen molar-refractivity contribution in [2.24, 2.45) is 0 Å². The molecule has 0 heterocycles. The first-order valence-electron chi connectivity index (χ1n) is 5.80. The quantitative estimate of drug-likeness (QED) is 0.585. The fourth-order valence-electron chi connectivity index (χ4n) is 1.93. The summed E-state index contributed by atoms with van der Waals surface area (Å²) in [4.78, 5) is 2.25. The van der Waals surface area contributed by atoms with Crippen LogP contribution >= 0.6 is 0 Å². The first-order chi connectivity index (χ1) is 6.64. The molecule has 0 N–H and O–H groups in total. The van der Waals surface area contributed by atoms with Gasteiger partial charge < -0.3 is 0 Å². The van der Waals surface area contributed by atoms with E-state index in [0.717, 1.165) is 25.9 Å². The summed E-state index contributed by atoms with van der Waals surface area (Å²) in [5.41, 5.74) is -0.251. The van der Waals surface area contributed by atoms with E-state index in [0.29, 0.717) is 0 Å². The summed E-state index contributed by atoms with van der Waals surface area (Å²) in [6, 6.07) is 2.47. The van der Waals surface area contributed by atoms with Crippen LogP contribution in [0.25, 0.3) is 0 Å². The van der Waals surface area contributed by atoms with Gasteiger partial charge in [-0.05, 0) is 26.4 Å². The average Bonchev–Trinajstić information content (AvgIpc) is 2.20. The Bertz CT molecular complexity index is 179. The Labute approximate surface area is 88.9 Å². The molecule has 0 spiro atoms. The minimum Gasteiger partial charge on any atom is -0.286 e. The van der Waals surface area contributed by atoms with E-state index in [1.54, 1.807) is 0 Å². The second-order valence-electron chi connectivity index (χ2n) is 4.02. The maximum atomic E-state index is 9.23. The van der Waals surface area contributed by atoms with Crippen molar-refractivity contribution < 1.29 is 0 Å². The van der Waals surface area contributed by atoms with E-state index < -0.39 is 0 Å². The molecule has 2 nitrogen and oxygen atoms in total. The molecule has 0 saturated heterocycles. The van der Waals surface area contributed by atoms with Crippen LogP contribution < -0.4 is 0 Å². The Morgan fingerprint density at radius 3 is 2.07 bits per heavy atom. The van der Waals surface area contributed by atoms with Crippen molar-refractivity contribution >= 4 is 0 Å². The molecule has 1 atom stereocenters. The van der Waals surface area contributed by atoms with Crippen molar-refractivity contribution in [2.45, 2.75) is 58.9 Å². The van der Waals surface area contributed by atoms with Crippen LogP contribution in [0.15, 0.2) is 0 Å². The summed E-state index contributed by atoms with van der Waals surface area (Å²) in [6.07, 6.45) is 4.62. The van der Waals surface area contributed by atoms with Gasteiger partial charge in [-0.3, -0.25) is 4.90 Å². The maximum absolute atomic E-state index is 9.23. The van der Waals surface area contributed by atoms with E-state index in [1.807, 2.05) is 0 Å². The normalized spacial score (nSPS) is 15.1. The molecule has 82 valence electrons. The summed E-state index contributed by atoms with van der Waals surface area (Å²) >= 11 is 0. The molecule has 0 fully saturated rings. The predicted molar refractivity (Wildman–Crippen MR) is 61.1 cm³/mol.